The van der Waals surface area contributed by atoms with Gasteiger partial charge in [0, 0.05) is 17.7 Å². The molecule has 0 unspecified atom stereocenters. The van der Waals surface area contributed by atoms with Crippen LogP contribution in [0.3, 0.4) is 0 Å². The van der Waals surface area contributed by atoms with E-state index in [0.29, 0.717) is 4.88 Å². The Hall–Kier alpha value is -2.69. The van der Waals surface area contributed by atoms with Crippen LogP contribution in [0.15, 0.2) is 41.8 Å². The molecular formula is C17H14N6OS3. The maximum atomic E-state index is 12.1. The maximum absolute atomic E-state index is 12.1. The van der Waals surface area contributed by atoms with Gasteiger partial charge in [0.05, 0.1) is 4.88 Å². The molecule has 0 bridgehead atoms. The number of carbonyl (C=O) groups excluding carboxylic acids is 1. The van der Waals surface area contributed by atoms with E-state index >= 15 is 0 Å². The van der Waals surface area contributed by atoms with Crippen molar-refractivity contribution in [3.05, 3.63) is 52.5 Å². The number of aromatic nitrogens is 4. The van der Waals surface area contributed by atoms with Crippen molar-refractivity contribution in [2.45, 2.75) is 13.3 Å². The molecule has 2 N–H and O–H groups in total. The van der Waals surface area contributed by atoms with Crippen molar-refractivity contribution in [1.82, 2.24) is 25.1 Å². The smallest absolute Gasteiger partial charge is 0.267 e. The summed E-state index contributed by atoms with van der Waals surface area (Å²) in [5, 5.41) is 21.5. The van der Waals surface area contributed by atoms with Crippen molar-refractivity contribution in [1.29, 1.82) is 0 Å². The van der Waals surface area contributed by atoms with Crippen LogP contribution in [0.25, 0.3) is 15.5 Å². The maximum Gasteiger partial charge on any atom is 0.267 e. The van der Waals surface area contributed by atoms with Gasteiger partial charge in [0.15, 0.2) is 10.9 Å². The average molecular weight is 415 g/mol. The average Bonchev–Trinajstić information content (AvgIpc) is 3.38. The minimum atomic E-state index is -0.223. The first-order valence-corrected chi connectivity index (χ1v) is 10.2. The number of hydrogen-bond acceptors (Lipinski definition) is 7. The molecule has 0 radical (unpaired) electrons. The van der Waals surface area contributed by atoms with Gasteiger partial charge in [-0.3, -0.25) is 10.1 Å². The molecule has 0 aliphatic carbocycles. The Morgan fingerprint density at radius 1 is 1.26 bits per heavy atom. The summed E-state index contributed by atoms with van der Waals surface area (Å²) in [7, 11) is 0. The van der Waals surface area contributed by atoms with Gasteiger partial charge in [-0.2, -0.15) is 9.61 Å². The first-order valence-electron chi connectivity index (χ1n) is 8.11. The number of nitrogens with one attached hydrogen (secondary N) is 2. The quantitative estimate of drug-likeness (QED) is 0.497. The summed E-state index contributed by atoms with van der Waals surface area (Å²) in [4.78, 5) is 13.4. The highest BCUT2D eigenvalue weighted by atomic mass is 32.1. The normalized spacial score (nSPS) is 10.9. The lowest BCUT2D eigenvalue weighted by Gasteiger charge is -2.09. The van der Waals surface area contributed by atoms with Gasteiger partial charge in [-0.05, 0) is 35.8 Å². The molecule has 0 aliphatic heterocycles. The first kappa shape index (κ1) is 17.7. The van der Waals surface area contributed by atoms with Gasteiger partial charge in [0.1, 0.15) is 5.01 Å². The molecule has 0 saturated heterocycles. The van der Waals surface area contributed by atoms with E-state index in [2.05, 4.69) is 25.9 Å². The van der Waals surface area contributed by atoms with Crippen molar-refractivity contribution in [2.24, 2.45) is 0 Å². The zero-order valence-electron chi connectivity index (χ0n) is 14.2. The fraction of sp³-hybridized carbons (Fsp3) is 0.118. The highest BCUT2D eigenvalue weighted by Gasteiger charge is 2.13. The SMILES string of the molecule is CCc1nnc2sc(-c3cccc(NC(=S)NC(=O)c4cccs4)c3)nn12. The molecule has 3 aromatic heterocycles. The monoisotopic (exact) mass is 414 g/mol. The number of hydrogen-bond donors (Lipinski definition) is 2. The standard InChI is InChI=1S/C17H14N6OS3/c1-2-13-20-21-17-23(13)22-15(27-17)10-5-3-6-11(9-10)18-16(25)19-14(24)12-7-4-8-26-12/h3-9H,2H2,1H3,(H2,18,19,24,25). The molecule has 1 amide bonds. The molecule has 4 aromatic rings. The van der Waals surface area contributed by atoms with Crippen molar-refractivity contribution in [3.63, 3.8) is 0 Å². The third kappa shape index (κ3) is 3.72. The van der Waals surface area contributed by atoms with E-state index in [1.54, 1.807) is 10.6 Å². The number of rotatable bonds is 4. The van der Waals surface area contributed by atoms with Crippen molar-refractivity contribution < 1.29 is 4.79 Å². The number of thiocarbonyl (C=S) groups is 1. The fourth-order valence-corrected chi connectivity index (χ4v) is 4.14. The van der Waals surface area contributed by atoms with Gasteiger partial charge < -0.3 is 5.32 Å². The Kier molecular flexibility index (Phi) is 4.92. The molecule has 10 heteroatoms. The number of nitrogens with zero attached hydrogens (tertiary/aromatic N) is 4. The molecule has 0 atom stereocenters. The minimum Gasteiger partial charge on any atom is -0.332 e. The minimum absolute atomic E-state index is 0.223. The lowest BCUT2D eigenvalue weighted by atomic mass is 10.2. The summed E-state index contributed by atoms with van der Waals surface area (Å²) in [5.74, 6) is 0.610. The van der Waals surface area contributed by atoms with E-state index in [9.17, 15) is 4.79 Å². The van der Waals surface area contributed by atoms with Gasteiger partial charge in [-0.1, -0.05) is 36.5 Å². The summed E-state index contributed by atoms with van der Waals surface area (Å²) in [5.41, 5.74) is 1.70. The van der Waals surface area contributed by atoms with Crippen LogP contribution in [0, 0.1) is 0 Å². The predicted molar refractivity (Wildman–Crippen MR) is 111 cm³/mol. The number of carbonyl (C=O) groups is 1. The van der Waals surface area contributed by atoms with Gasteiger partial charge in [0.2, 0.25) is 4.96 Å². The number of fused-ring (bicyclic) bond motifs is 1. The van der Waals surface area contributed by atoms with E-state index in [4.69, 9.17) is 12.2 Å². The molecule has 0 fully saturated rings. The Bertz CT molecular complexity index is 1120. The summed E-state index contributed by atoms with van der Waals surface area (Å²) in [6.07, 6.45) is 0.768. The summed E-state index contributed by atoms with van der Waals surface area (Å²) in [6.45, 7) is 2.02. The molecule has 0 aliphatic rings. The van der Waals surface area contributed by atoms with Gasteiger partial charge in [0.25, 0.3) is 5.91 Å². The molecule has 0 spiro atoms. The molecule has 4 rings (SSSR count). The van der Waals surface area contributed by atoms with Crippen molar-refractivity contribution in [3.8, 4) is 10.6 Å². The van der Waals surface area contributed by atoms with Crippen molar-refractivity contribution >= 4 is 56.6 Å². The molecule has 1 aromatic carbocycles. The van der Waals surface area contributed by atoms with Gasteiger partial charge in [-0.15, -0.1) is 21.5 Å². The third-order valence-corrected chi connectivity index (χ3v) is 5.73. The van der Waals surface area contributed by atoms with Crippen LogP contribution >= 0.6 is 34.9 Å². The molecular weight excluding hydrogens is 400 g/mol. The second-order valence-electron chi connectivity index (χ2n) is 5.54. The highest BCUT2D eigenvalue weighted by Crippen LogP contribution is 2.27. The molecule has 7 nitrogen and oxygen atoms in total. The lowest BCUT2D eigenvalue weighted by molar-refractivity contribution is 0.0981. The van der Waals surface area contributed by atoms with Gasteiger partial charge in [-0.25, -0.2) is 0 Å². The summed E-state index contributed by atoms with van der Waals surface area (Å²) in [6, 6.07) is 11.3. The van der Waals surface area contributed by atoms with Crippen LogP contribution in [-0.4, -0.2) is 30.8 Å². The number of thiophene rings is 1. The molecule has 3 heterocycles. The van der Waals surface area contributed by atoms with Crippen LogP contribution in [0.2, 0.25) is 0 Å². The lowest BCUT2D eigenvalue weighted by Crippen LogP contribution is -2.33. The van der Waals surface area contributed by atoms with Crippen LogP contribution in [0.5, 0.6) is 0 Å². The van der Waals surface area contributed by atoms with E-state index in [0.717, 1.165) is 33.5 Å². The van der Waals surface area contributed by atoms with E-state index in [1.807, 2.05) is 42.6 Å². The predicted octanol–water partition coefficient (Wildman–Crippen LogP) is 3.60. The number of benzene rings is 1. The first-order chi connectivity index (χ1) is 13.1. The van der Waals surface area contributed by atoms with Crippen molar-refractivity contribution in [2.75, 3.05) is 5.32 Å². The van der Waals surface area contributed by atoms with E-state index < -0.39 is 0 Å². The zero-order chi connectivity index (χ0) is 18.8. The third-order valence-electron chi connectivity index (χ3n) is 3.71. The van der Waals surface area contributed by atoms with E-state index in [1.165, 1.54) is 22.7 Å². The van der Waals surface area contributed by atoms with Crippen LogP contribution in [-0.2, 0) is 6.42 Å². The molecule has 27 heavy (non-hydrogen) atoms. The number of amides is 1. The Morgan fingerprint density at radius 3 is 2.93 bits per heavy atom. The summed E-state index contributed by atoms with van der Waals surface area (Å²) >= 11 is 8.08. The van der Waals surface area contributed by atoms with Crippen LogP contribution in [0.4, 0.5) is 5.69 Å². The zero-order valence-corrected chi connectivity index (χ0v) is 16.6. The molecule has 0 saturated carbocycles. The molecule has 136 valence electrons. The van der Waals surface area contributed by atoms with Gasteiger partial charge >= 0.3 is 0 Å². The Labute approximate surface area is 168 Å². The second-order valence-corrected chi connectivity index (χ2v) is 7.85. The number of anilines is 1. The second kappa shape index (κ2) is 7.51. The number of aryl methyl sites for hydroxylation is 1. The largest absolute Gasteiger partial charge is 0.332 e. The fourth-order valence-electron chi connectivity index (χ4n) is 2.46. The van der Waals surface area contributed by atoms with E-state index in [-0.39, 0.29) is 11.0 Å². The van der Waals surface area contributed by atoms with Crippen LogP contribution < -0.4 is 10.6 Å². The highest BCUT2D eigenvalue weighted by molar-refractivity contribution is 7.80. The topological polar surface area (TPSA) is 84.2 Å². The van der Waals surface area contributed by atoms with Crippen LogP contribution in [0.1, 0.15) is 22.4 Å². The summed E-state index contributed by atoms with van der Waals surface area (Å²) < 4.78 is 1.77. The Morgan fingerprint density at radius 2 is 2.15 bits per heavy atom. The Balaban J connectivity index is 1.50.